The van der Waals surface area contributed by atoms with E-state index in [1.165, 1.54) is 0 Å². The van der Waals surface area contributed by atoms with E-state index in [4.69, 9.17) is 0 Å². The van der Waals surface area contributed by atoms with Crippen LogP contribution in [0.4, 0.5) is 4.79 Å². The van der Waals surface area contributed by atoms with Gasteiger partial charge in [-0.3, -0.25) is 4.79 Å². The minimum atomic E-state index is -0.777. The van der Waals surface area contributed by atoms with Crippen LogP contribution in [0.15, 0.2) is 11.6 Å². The van der Waals surface area contributed by atoms with Crippen LogP contribution in [0.1, 0.15) is 46.5 Å². The van der Waals surface area contributed by atoms with E-state index in [1.807, 2.05) is 26.8 Å². The average Bonchev–Trinajstić information content (AvgIpc) is 2.38. The van der Waals surface area contributed by atoms with Gasteiger partial charge in [-0.1, -0.05) is 25.0 Å². The first kappa shape index (κ1) is 16.5. The Morgan fingerprint density at radius 3 is 2.65 bits per heavy atom. The van der Waals surface area contributed by atoms with Crippen molar-refractivity contribution in [1.29, 1.82) is 0 Å². The second-order valence-corrected chi connectivity index (χ2v) is 5.83. The zero-order valence-corrected chi connectivity index (χ0v) is 12.7. The molecule has 1 aliphatic rings. The first-order chi connectivity index (χ1) is 9.41. The number of urea groups is 1. The van der Waals surface area contributed by atoms with Crippen molar-refractivity contribution in [3.05, 3.63) is 11.6 Å². The number of allylic oxidation sites excluding steroid dienone is 1. The van der Waals surface area contributed by atoms with Gasteiger partial charge < -0.3 is 15.3 Å². The Labute approximate surface area is 121 Å². The number of carbonyl (C=O) groups excluding carboxylic acids is 1. The fraction of sp³-hybridized carbons (Fsp3) is 0.733. The SMILES string of the molecule is CCCC1(C(=O)O)CCCN(C(=O)NCC=C(C)C)C1. The molecule has 0 aromatic rings. The third kappa shape index (κ3) is 4.25. The number of nitrogens with one attached hydrogen (secondary N) is 1. The number of hydrogen-bond acceptors (Lipinski definition) is 2. The van der Waals surface area contributed by atoms with Crippen LogP contribution in [0.2, 0.25) is 0 Å². The summed E-state index contributed by atoms with van der Waals surface area (Å²) in [6, 6.07) is -0.163. The van der Waals surface area contributed by atoms with Crippen molar-refractivity contribution in [1.82, 2.24) is 10.2 Å². The van der Waals surface area contributed by atoms with Crippen molar-refractivity contribution in [3.8, 4) is 0 Å². The lowest BCUT2D eigenvalue weighted by atomic mass is 9.76. The van der Waals surface area contributed by atoms with Crippen molar-refractivity contribution in [3.63, 3.8) is 0 Å². The Morgan fingerprint density at radius 2 is 2.10 bits per heavy atom. The van der Waals surface area contributed by atoms with Crippen molar-refractivity contribution in [2.75, 3.05) is 19.6 Å². The Balaban J connectivity index is 2.65. The van der Waals surface area contributed by atoms with Gasteiger partial charge in [0.1, 0.15) is 0 Å². The quantitative estimate of drug-likeness (QED) is 0.762. The lowest BCUT2D eigenvalue weighted by Gasteiger charge is -2.39. The van der Waals surface area contributed by atoms with Crippen LogP contribution >= 0.6 is 0 Å². The number of likely N-dealkylation sites (tertiary alicyclic amines) is 1. The average molecular weight is 282 g/mol. The summed E-state index contributed by atoms with van der Waals surface area (Å²) in [4.78, 5) is 25.3. The van der Waals surface area contributed by atoms with Gasteiger partial charge in [0.15, 0.2) is 0 Å². The van der Waals surface area contributed by atoms with E-state index in [0.717, 1.165) is 18.4 Å². The number of carboxylic acids is 1. The fourth-order valence-corrected chi connectivity index (χ4v) is 2.72. The number of carbonyl (C=O) groups is 2. The highest BCUT2D eigenvalue weighted by Crippen LogP contribution is 2.35. The molecule has 0 aromatic carbocycles. The Bertz CT molecular complexity index is 385. The molecule has 0 aromatic heterocycles. The Morgan fingerprint density at radius 1 is 1.40 bits per heavy atom. The second kappa shape index (κ2) is 7.31. The van der Waals surface area contributed by atoms with Crippen molar-refractivity contribution in [2.45, 2.75) is 46.5 Å². The zero-order valence-electron chi connectivity index (χ0n) is 12.7. The van der Waals surface area contributed by atoms with Gasteiger partial charge in [-0.05, 0) is 33.1 Å². The molecule has 5 heteroatoms. The standard InChI is InChI=1S/C15H26N2O3/c1-4-7-15(13(18)19)8-5-10-17(11-15)14(20)16-9-6-12(2)3/h6H,4-5,7-11H2,1-3H3,(H,16,20)(H,18,19). The predicted octanol–water partition coefficient (Wildman–Crippen LogP) is 2.63. The topological polar surface area (TPSA) is 69.6 Å². The molecule has 114 valence electrons. The summed E-state index contributed by atoms with van der Waals surface area (Å²) in [7, 11) is 0. The van der Waals surface area contributed by atoms with E-state index in [-0.39, 0.29) is 6.03 Å². The molecule has 0 radical (unpaired) electrons. The molecule has 1 fully saturated rings. The number of rotatable bonds is 5. The maximum absolute atomic E-state index is 12.1. The van der Waals surface area contributed by atoms with Crippen LogP contribution < -0.4 is 5.32 Å². The molecule has 0 aliphatic carbocycles. The van der Waals surface area contributed by atoms with E-state index < -0.39 is 11.4 Å². The summed E-state index contributed by atoms with van der Waals surface area (Å²) in [5, 5.41) is 12.3. The molecule has 1 atom stereocenters. The zero-order chi connectivity index (χ0) is 15.2. The summed E-state index contributed by atoms with van der Waals surface area (Å²) >= 11 is 0. The molecule has 2 N–H and O–H groups in total. The van der Waals surface area contributed by atoms with Crippen LogP contribution in [0.5, 0.6) is 0 Å². The summed E-state index contributed by atoms with van der Waals surface area (Å²) in [5.41, 5.74) is 0.385. The van der Waals surface area contributed by atoms with Gasteiger partial charge in [-0.25, -0.2) is 4.79 Å². The number of carboxylic acid groups (broad SMARTS) is 1. The Kier molecular flexibility index (Phi) is 6.05. The molecule has 0 bridgehead atoms. The highest BCUT2D eigenvalue weighted by molar-refractivity contribution is 5.78. The van der Waals surface area contributed by atoms with Gasteiger partial charge >= 0.3 is 12.0 Å². The minimum Gasteiger partial charge on any atom is -0.481 e. The van der Waals surface area contributed by atoms with Crippen LogP contribution in [-0.4, -0.2) is 41.6 Å². The third-order valence-corrected chi connectivity index (χ3v) is 3.81. The van der Waals surface area contributed by atoms with Crippen LogP contribution in [0.3, 0.4) is 0 Å². The molecule has 1 unspecified atom stereocenters. The molecule has 5 nitrogen and oxygen atoms in total. The van der Waals surface area contributed by atoms with Gasteiger partial charge in [0.2, 0.25) is 0 Å². The van der Waals surface area contributed by atoms with Crippen LogP contribution in [0.25, 0.3) is 0 Å². The normalized spacial score (nSPS) is 22.2. The van der Waals surface area contributed by atoms with E-state index in [9.17, 15) is 14.7 Å². The van der Waals surface area contributed by atoms with Crippen molar-refractivity contribution >= 4 is 12.0 Å². The summed E-state index contributed by atoms with van der Waals surface area (Å²) in [6.07, 6.45) is 4.80. The van der Waals surface area contributed by atoms with Crippen molar-refractivity contribution in [2.24, 2.45) is 5.41 Å². The maximum atomic E-state index is 12.1. The first-order valence-electron chi connectivity index (χ1n) is 7.31. The first-order valence-corrected chi connectivity index (χ1v) is 7.31. The molecule has 1 saturated heterocycles. The molecule has 1 rings (SSSR count). The number of nitrogens with zero attached hydrogens (tertiary/aromatic N) is 1. The summed E-state index contributed by atoms with van der Waals surface area (Å²) in [5.74, 6) is -0.777. The van der Waals surface area contributed by atoms with Gasteiger partial charge in [0, 0.05) is 19.6 Å². The van der Waals surface area contributed by atoms with E-state index in [1.54, 1.807) is 4.90 Å². The molecule has 1 aliphatic heterocycles. The molecular weight excluding hydrogens is 256 g/mol. The number of piperidine rings is 1. The van der Waals surface area contributed by atoms with Crippen LogP contribution in [-0.2, 0) is 4.79 Å². The van der Waals surface area contributed by atoms with Crippen molar-refractivity contribution < 1.29 is 14.7 Å². The third-order valence-electron chi connectivity index (χ3n) is 3.81. The van der Waals surface area contributed by atoms with Gasteiger partial charge in [0.05, 0.1) is 5.41 Å². The lowest BCUT2D eigenvalue weighted by Crippen LogP contribution is -2.52. The van der Waals surface area contributed by atoms with E-state index in [2.05, 4.69) is 5.32 Å². The number of hydrogen-bond donors (Lipinski definition) is 2. The van der Waals surface area contributed by atoms with E-state index in [0.29, 0.717) is 32.5 Å². The molecule has 1 heterocycles. The predicted molar refractivity (Wildman–Crippen MR) is 78.6 cm³/mol. The summed E-state index contributed by atoms with van der Waals surface area (Å²) < 4.78 is 0. The van der Waals surface area contributed by atoms with E-state index >= 15 is 0 Å². The minimum absolute atomic E-state index is 0.163. The smallest absolute Gasteiger partial charge is 0.317 e. The molecule has 0 spiro atoms. The molecule has 0 saturated carbocycles. The fourth-order valence-electron chi connectivity index (χ4n) is 2.72. The number of aliphatic carboxylic acids is 1. The second-order valence-electron chi connectivity index (χ2n) is 5.83. The van der Waals surface area contributed by atoms with Gasteiger partial charge in [0.25, 0.3) is 0 Å². The molecular formula is C15H26N2O3. The monoisotopic (exact) mass is 282 g/mol. The highest BCUT2D eigenvalue weighted by Gasteiger charge is 2.42. The highest BCUT2D eigenvalue weighted by atomic mass is 16.4. The van der Waals surface area contributed by atoms with Crippen LogP contribution in [0, 0.1) is 5.41 Å². The number of amides is 2. The van der Waals surface area contributed by atoms with Gasteiger partial charge in [-0.2, -0.15) is 0 Å². The molecule has 20 heavy (non-hydrogen) atoms. The van der Waals surface area contributed by atoms with Gasteiger partial charge in [-0.15, -0.1) is 0 Å². The largest absolute Gasteiger partial charge is 0.481 e. The lowest BCUT2D eigenvalue weighted by molar-refractivity contribution is -0.152. The molecule has 2 amide bonds. The maximum Gasteiger partial charge on any atom is 0.317 e. The Hall–Kier alpha value is -1.52. The summed E-state index contributed by atoms with van der Waals surface area (Å²) in [6.45, 7) is 7.38.